The summed E-state index contributed by atoms with van der Waals surface area (Å²) in [5.74, 6) is 1.74. The van der Waals surface area contributed by atoms with Crippen molar-refractivity contribution in [1.29, 1.82) is 0 Å². The van der Waals surface area contributed by atoms with E-state index in [1.807, 2.05) is 0 Å². The Morgan fingerprint density at radius 1 is 0.952 bits per heavy atom. The maximum absolute atomic E-state index is 12.7. The Labute approximate surface area is 134 Å². The molecular formula is C14H28ClN3O2S. The number of hydrogen-bond donors (Lipinski definition) is 0. The summed E-state index contributed by atoms with van der Waals surface area (Å²) in [4.78, 5) is 2.19. The number of nitrogens with zero attached hydrogens (tertiary/aromatic N) is 3. The van der Waals surface area contributed by atoms with Crippen molar-refractivity contribution in [2.45, 2.75) is 25.7 Å². The third-order valence-electron chi connectivity index (χ3n) is 4.64. The molecule has 2 saturated heterocycles. The summed E-state index contributed by atoms with van der Waals surface area (Å²) in [5, 5.41) is 0. The van der Waals surface area contributed by atoms with Crippen molar-refractivity contribution in [2.24, 2.45) is 11.8 Å². The maximum atomic E-state index is 12.7. The minimum absolute atomic E-state index is 0.476. The van der Waals surface area contributed by atoms with Crippen molar-refractivity contribution in [2.75, 3.05) is 52.7 Å². The van der Waals surface area contributed by atoms with E-state index in [0.717, 1.165) is 32.2 Å². The van der Waals surface area contributed by atoms with Crippen LogP contribution in [-0.4, -0.2) is 74.6 Å². The first kappa shape index (κ1) is 17.5. The zero-order chi connectivity index (χ0) is 15.5. The molecule has 0 N–H and O–H groups in total. The second kappa shape index (κ2) is 7.59. The van der Waals surface area contributed by atoms with Gasteiger partial charge in [-0.15, -0.1) is 11.6 Å². The van der Waals surface area contributed by atoms with Crippen LogP contribution in [0.4, 0.5) is 0 Å². The third kappa shape index (κ3) is 4.55. The zero-order valence-electron chi connectivity index (χ0n) is 13.2. The lowest BCUT2D eigenvalue weighted by atomic mass is 9.98. The smallest absolute Gasteiger partial charge is 0.281 e. The van der Waals surface area contributed by atoms with Gasteiger partial charge in [0.1, 0.15) is 0 Å². The molecule has 0 unspecified atom stereocenters. The van der Waals surface area contributed by atoms with Gasteiger partial charge in [-0.25, -0.2) is 0 Å². The van der Waals surface area contributed by atoms with Gasteiger partial charge >= 0.3 is 0 Å². The Morgan fingerprint density at radius 3 is 1.76 bits per heavy atom. The van der Waals surface area contributed by atoms with Crippen molar-refractivity contribution < 1.29 is 8.42 Å². The summed E-state index contributed by atoms with van der Waals surface area (Å²) >= 11 is 5.87. The van der Waals surface area contributed by atoms with Gasteiger partial charge in [-0.3, -0.25) is 0 Å². The second-order valence-electron chi connectivity index (χ2n) is 6.61. The maximum Gasteiger partial charge on any atom is 0.281 e. The lowest BCUT2D eigenvalue weighted by Crippen LogP contribution is -2.50. The fourth-order valence-corrected chi connectivity index (χ4v) is 5.28. The minimum atomic E-state index is -3.26. The van der Waals surface area contributed by atoms with E-state index >= 15 is 0 Å². The van der Waals surface area contributed by atoms with Crippen LogP contribution >= 0.6 is 11.6 Å². The number of piperidine rings is 2. The van der Waals surface area contributed by atoms with Gasteiger partial charge in [0.2, 0.25) is 0 Å². The molecule has 5 nitrogen and oxygen atoms in total. The first-order chi connectivity index (χ1) is 9.93. The number of halogens is 1. The minimum Gasteiger partial charge on any atom is -0.309 e. The summed E-state index contributed by atoms with van der Waals surface area (Å²) in [6, 6.07) is 0. The highest BCUT2D eigenvalue weighted by Crippen LogP contribution is 2.25. The molecule has 7 heteroatoms. The van der Waals surface area contributed by atoms with Crippen molar-refractivity contribution in [3.63, 3.8) is 0 Å². The lowest BCUT2D eigenvalue weighted by Gasteiger charge is -2.38. The van der Waals surface area contributed by atoms with Crippen LogP contribution in [0, 0.1) is 11.8 Å². The first-order valence-corrected chi connectivity index (χ1v) is 9.82. The quantitative estimate of drug-likeness (QED) is 0.713. The molecule has 0 atom stereocenters. The molecule has 0 aromatic carbocycles. The molecule has 2 fully saturated rings. The van der Waals surface area contributed by atoms with Gasteiger partial charge in [-0.05, 0) is 51.6 Å². The van der Waals surface area contributed by atoms with Gasteiger partial charge in [0.25, 0.3) is 10.2 Å². The summed E-state index contributed by atoms with van der Waals surface area (Å²) in [7, 11) is 0.888. The summed E-state index contributed by atoms with van der Waals surface area (Å²) in [6.45, 7) is 3.62. The molecule has 2 aliphatic rings. The van der Waals surface area contributed by atoms with Gasteiger partial charge in [-0.1, -0.05) is 0 Å². The monoisotopic (exact) mass is 337 g/mol. The molecule has 124 valence electrons. The van der Waals surface area contributed by atoms with Crippen LogP contribution < -0.4 is 0 Å². The molecule has 0 aromatic rings. The van der Waals surface area contributed by atoms with Crippen molar-refractivity contribution in [3.8, 4) is 0 Å². The average Bonchev–Trinajstić information content (AvgIpc) is 2.47. The van der Waals surface area contributed by atoms with E-state index in [9.17, 15) is 8.42 Å². The van der Waals surface area contributed by atoms with E-state index in [-0.39, 0.29) is 0 Å². The fourth-order valence-electron chi connectivity index (χ4n) is 3.30. The molecule has 0 spiro atoms. The molecule has 0 saturated carbocycles. The Morgan fingerprint density at radius 2 is 1.38 bits per heavy atom. The van der Waals surface area contributed by atoms with Crippen LogP contribution in [0.5, 0.6) is 0 Å². The van der Waals surface area contributed by atoms with E-state index in [4.69, 9.17) is 11.6 Å². The van der Waals surface area contributed by atoms with Crippen molar-refractivity contribution in [1.82, 2.24) is 13.5 Å². The Balaban J connectivity index is 1.87. The first-order valence-electron chi connectivity index (χ1n) is 7.89. The number of rotatable bonds is 5. The largest absolute Gasteiger partial charge is 0.309 e. The van der Waals surface area contributed by atoms with Crippen molar-refractivity contribution >= 4 is 21.8 Å². The van der Waals surface area contributed by atoms with Crippen LogP contribution in [0.15, 0.2) is 0 Å². The highest BCUT2D eigenvalue weighted by Gasteiger charge is 2.34. The van der Waals surface area contributed by atoms with Gasteiger partial charge in [0.15, 0.2) is 0 Å². The van der Waals surface area contributed by atoms with E-state index < -0.39 is 10.2 Å². The van der Waals surface area contributed by atoms with Crippen LogP contribution in [0.1, 0.15) is 25.7 Å². The number of alkyl halides is 1. The molecule has 2 heterocycles. The third-order valence-corrected chi connectivity index (χ3v) is 7.11. The predicted octanol–water partition coefficient (Wildman–Crippen LogP) is 1.46. The molecule has 0 amide bonds. The van der Waals surface area contributed by atoms with Gasteiger partial charge < -0.3 is 4.90 Å². The molecule has 2 aliphatic heterocycles. The summed E-state index contributed by atoms with van der Waals surface area (Å²) in [6.07, 6.45) is 3.71. The molecule has 0 bridgehead atoms. The van der Waals surface area contributed by atoms with Crippen molar-refractivity contribution in [3.05, 3.63) is 0 Å². The lowest BCUT2D eigenvalue weighted by molar-refractivity contribution is 0.207. The molecule has 21 heavy (non-hydrogen) atoms. The predicted molar refractivity (Wildman–Crippen MR) is 86.8 cm³/mol. The Hall–Kier alpha value is 0.120. The highest BCUT2D eigenvalue weighted by molar-refractivity contribution is 7.86. The Kier molecular flexibility index (Phi) is 6.32. The fraction of sp³-hybridized carbons (Fsp3) is 1.00. The van der Waals surface area contributed by atoms with Gasteiger partial charge in [-0.2, -0.15) is 17.0 Å². The normalized spacial score (nSPS) is 24.8. The van der Waals surface area contributed by atoms with Crippen LogP contribution in [-0.2, 0) is 10.2 Å². The SMILES string of the molecule is CN(C)CC1CCN(S(=O)(=O)N2CCC(CCl)CC2)CC1. The topological polar surface area (TPSA) is 43.9 Å². The molecule has 0 aromatic heterocycles. The van der Waals surface area contributed by atoms with E-state index in [2.05, 4.69) is 19.0 Å². The molecule has 0 aliphatic carbocycles. The Bertz CT molecular complexity index is 414. The zero-order valence-corrected chi connectivity index (χ0v) is 14.7. The van der Waals surface area contributed by atoms with Crippen LogP contribution in [0.2, 0.25) is 0 Å². The number of hydrogen-bond acceptors (Lipinski definition) is 3. The standard InChI is InChI=1S/C14H28ClN3O2S/c1-16(2)12-14-5-9-18(10-6-14)21(19,20)17-7-3-13(11-15)4-8-17/h13-14H,3-12H2,1-2H3. The molecular weight excluding hydrogens is 310 g/mol. The molecule has 2 rings (SSSR count). The average molecular weight is 338 g/mol. The second-order valence-corrected chi connectivity index (χ2v) is 8.85. The summed E-state index contributed by atoms with van der Waals surface area (Å²) < 4.78 is 28.7. The van der Waals surface area contributed by atoms with Gasteiger partial charge in [0, 0.05) is 38.6 Å². The van der Waals surface area contributed by atoms with Crippen LogP contribution in [0.25, 0.3) is 0 Å². The highest BCUT2D eigenvalue weighted by atomic mass is 35.5. The van der Waals surface area contributed by atoms with E-state index in [1.165, 1.54) is 0 Å². The van der Waals surface area contributed by atoms with Gasteiger partial charge in [0.05, 0.1) is 0 Å². The summed E-state index contributed by atoms with van der Waals surface area (Å²) in [5.41, 5.74) is 0. The van der Waals surface area contributed by atoms with Crippen LogP contribution in [0.3, 0.4) is 0 Å². The molecule has 0 radical (unpaired) electrons. The van der Waals surface area contributed by atoms with E-state index in [0.29, 0.717) is 43.9 Å². The van der Waals surface area contributed by atoms with E-state index in [1.54, 1.807) is 8.61 Å².